The van der Waals surface area contributed by atoms with Crippen molar-refractivity contribution in [3.05, 3.63) is 24.3 Å². The van der Waals surface area contributed by atoms with Crippen molar-refractivity contribution in [3.63, 3.8) is 0 Å². The van der Waals surface area contributed by atoms with Crippen LogP contribution in [0.15, 0.2) is 24.3 Å². The molecule has 0 radical (unpaired) electrons. The molecule has 0 aromatic heterocycles. The molecule has 2 aliphatic carbocycles. The van der Waals surface area contributed by atoms with Crippen molar-refractivity contribution in [2.24, 2.45) is 17.8 Å². The van der Waals surface area contributed by atoms with Gasteiger partial charge in [-0.05, 0) is 43.4 Å². The lowest BCUT2D eigenvalue weighted by atomic mass is 9.90. The zero-order valence-corrected chi connectivity index (χ0v) is 8.58. The SMILES string of the molecule is CCCC=CCC1CC2C=CC1C2. The van der Waals surface area contributed by atoms with E-state index in [2.05, 4.69) is 31.2 Å². The Labute approximate surface area is 81.7 Å². The van der Waals surface area contributed by atoms with E-state index in [0.29, 0.717) is 0 Å². The van der Waals surface area contributed by atoms with Gasteiger partial charge < -0.3 is 0 Å². The maximum atomic E-state index is 2.45. The summed E-state index contributed by atoms with van der Waals surface area (Å²) < 4.78 is 0. The van der Waals surface area contributed by atoms with Crippen molar-refractivity contribution in [2.75, 3.05) is 0 Å². The third-order valence-corrected chi connectivity index (χ3v) is 3.48. The van der Waals surface area contributed by atoms with E-state index in [1.807, 2.05) is 0 Å². The van der Waals surface area contributed by atoms with E-state index in [1.54, 1.807) is 0 Å². The highest BCUT2D eigenvalue weighted by atomic mass is 14.4. The van der Waals surface area contributed by atoms with E-state index >= 15 is 0 Å². The van der Waals surface area contributed by atoms with Gasteiger partial charge in [0.15, 0.2) is 0 Å². The number of fused-ring (bicyclic) bond motifs is 2. The Hall–Kier alpha value is -0.520. The predicted octanol–water partition coefficient (Wildman–Crippen LogP) is 3.95. The Kier molecular flexibility index (Phi) is 2.87. The van der Waals surface area contributed by atoms with Crippen LogP contribution in [0.3, 0.4) is 0 Å². The second kappa shape index (κ2) is 4.13. The minimum atomic E-state index is 0.927. The third kappa shape index (κ3) is 2.04. The van der Waals surface area contributed by atoms with Gasteiger partial charge in [0.1, 0.15) is 0 Å². The lowest BCUT2D eigenvalue weighted by Crippen LogP contribution is -2.04. The fourth-order valence-electron chi connectivity index (χ4n) is 2.72. The second-order valence-corrected chi connectivity index (χ2v) is 4.54. The van der Waals surface area contributed by atoms with Crippen molar-refractivity contribution in [3.8, 4) is 0 Å². The molecule has 0 aromatic carbocycles. The van der Waals surface area contributed by atoms with Gasteiger partial charge in [-0.25, -0.2) is 0 Å². The summed E-state index contributed by atoms with van der Waals surface area (Å²) in [6, 6.07) is 0. The molecule has 1 fully saturated rings. The molecule has 0 aliphatic heterocycles. The van der Waals surface area contributed by atoms with E-state index in [4.69, 9.17) is 0 Å². The molecule has 0 heteroatoms. The number of unbranched alkanes of at least 4 members (excludes halogenated alkanes) is 1. The summed E-state index contributed by atoms with van der Waals surface area (Å²) in [7, 11) is 0. The zero-order valence-electron chi connectivity index (χ0n) is 8.58. The normalized spacial score (nSPS) is 36.5. The molecule has 0 aromatic rings. The van der Waals surface area contributed by atoms with Crippen molar-refractivity contribution in [1.82, 2.24) is 0 Å². The summed E-state index contributed by atoms with van der Waals surface area (Å²) >= 11 is 0. The zero-order chi connectivity index (χ0) is 9.10. The van der Waals surface area contributed by atoms with Crippen LogP contribution in [0.1, 0.15) is 39.0 Å². The van der Waals surface area contributed by atoms with E-state index in [9.17, 15) is 0 Å². The molecule has 0 amide bonds. The van der Waals surface area contributed by atoms with Gasteiger partial charge in [-0.15, -0.1) is 0 Å². The van der Waals surface area contributed by atoms with Gasteiger partial charge >= 0.3 is 0 Å². The van der Waals surface area contributed by atoms with Crippen LogP contribution in [0.25, 0.3) is 0 Å². The Bertz CT molecular complexity index is 212. The summed E-state index contributed by atoms with van der Waals surface area (Å²) in [5.74, 6) is 2.84. The average molecular weight is 176 g/mol. The maximum absolute atomic E-state index is 2.45. The van der Waals surface area contributed by atoms with Crippen molar-refractivity contribution in [2.45, 2.75) is 39.0 Å². The Morgan fingerprint density at radius 2 is 2.15 bits per heavy atom. The fraction of sp³-hybridized carbons (Fsp3) is 0.692. The van der Waals surface area contributed by atoms with Crippen molar-refractivity contribution in [1.29, 1.82) is 0 Å². The molecular weight excluding hydrogens is 156 g/mol. The summed E-state index contributed by atoms with van der Waals surface area (Å²) in [4.78, 5) is 0. The van der Waals surface area contributed by atoms with Gasteiger partial charge in [-0.1, -0.05) is 37.6 Å². The first kappa shape index (κ1) is 9.05. The van der Waals surface area contributed by atoms with Crippen molar-refractivity contribution >= 4 is 0 Å². The lowest BCUT2D eigenvalue weighted by molar-refractivity contribution is 0.453. The monoisotopic (exact) mass is 176 g/mol. The van der Waals surface area contributed by atoms with E-state index < -0.39 is 0 Å². The predicted molar refractivity (Wildman–Crippen MR) is 57.5 cm³/mol. The molecule has 1 saturated carbocycles. The van der Waals surface area contributed by atoms with Crippen LogP contribution in [0.5, 0.6) is 0 Å². The van der Waals surface area contributed by atoms with Crippen LogP contribution in [0.4, 0.5) is 0 Å². The van der Waals surface area contributed by atoms with Gasteiger partial charge in [-0.2, -0.15) is 0 Å². The molecule has 0 heterocycles. The molecule has 2 aliphatic rings. The van der Waals surface area contributed by atoms with E-state index in [1.165, 1.54) is 32.1 Å². The molecule has 2 rings (SSSR count). The Morgan fingerprint density at radius 1 is 1.23 bits per heavy atom. The summed E-state index contributed by atoms with van der Waals surface area (Å²) in [6.07, 6.45) is 16.4. The number of hydrogen-bond donors (Lipinski definition) is 0. The molecule has 0 nitrogen and oxygen atoms in total. The number of rotatable bonds is 4. The molecule has 3 atom stereocenters. The second-order valence-electron chi connectivity index (χ2n) is 4.54. The number of allylic oxidation sites excluding steroid dienone is 4. The van der Waals surface area contributed by atoms with Gasteiger partial charge in [0, 0.05) is 0 Å². The summed E-state index contributed by atoms with van der Waals surface area (Å²) in [5.41, 5.74) is 0. The standard InChI is InChI=1S/C13H20/c1-2-3-4-5-6-12-9-11-7-8-13(12)10-11/h4-5,7-8,11-13H,2-3,6,9-10H2,1H3. The third-order valence-electron chi connectivity index (χ3n) is 3.48. The molecular formula is C13H20. The highest BCUT2D eigenvalue weighted by Crippen LogP contribution is 2.44. The van der Waals surface area contributed by atoms with Crippen LogP contribution < -0.4 is 0 Å². The molecule has 0 spiro atoms. The van der Waals surface area contributed by atoms with E-state index in [-0.39, 0.29) is 0 Å². The molecule has 3 unspecified atom stereocenters. The summed E-state index contributed by atoms with van der Waals surface area (Å²) in [5, 5.41) is 0. The molecule has 72 valence electrons. The Morgan fingerprint density at radius 3 is 2.77 bits per heavy atom. The molecule has 13 heavy (non-hydrogen) atoms. The fourth-order valence-corrected chi connectivity index (χ4v) is 2.72. The van der Waals surface area contributed by atoms with Gasteiger partial charge in [0.25, 0.3) is 0 Å². The van der Waals surface area contributed by atoms with Crippen LogP contribution in [0, 0.1) is 17.8 Å². The minimum absolute atomic E-state index is 0.927. The van der Waals surface area contributed by atoms with Gasteiger partial charge in [0.2, 0.25) is 0 Å². The first-order chi connectivity index (χ1) is 6.40. The summed E-state index contributed by atoms with van der Waals surface area (Å²) in [6.45, 7) is 2.24. The largest absolute Gasteiger partial charge is 0.0885 e. The maximum Gasteiger partial charge on any atom is -0.0196 e. The first-order valence-electron chi connectivity index (χ1n) is 5.73. The quantitative estimate of drug-likeness (QED) is 0.569. The lowest BCUT2D eigenvalue weighted by Gasteiger charge is -2.15. The minimum Gasteiger partial charge on any atom is -0.0885 e. The van der Waals surface area contributed by atoms with Crippen LogP contribution in [-0.2, 0) is 0 Å². The Balaban J connectivity index is 1.74. The van der Waals surface area contributed by atoms with E-state index in [0.717, 1.165) is 17.8 Å². The first-order valence-corrected chi connectivity index (χ1v) is 5.73. The molecule has 2 bridgehead atoms. The highest BCUT2D eigenvalue weighted by molar-refractivity contribution is 5.11. The van der Waals surface area contributed by atoms with Gasteiger partial charge in [-0.3, -0.25) is 0 Å². The average Bonchev–Trinajstić information content (AvgIpc) is 2.73. The van der Waals surface area contributed by atoms with Crippen LogP contribution >= 0.6 is 0 Å². The van der Waals surface area contributed by atoms with Crippen LogP contribution in [0.2, 0.25) is 0 Å². The molecule has 0 N–H and O–H groups in total. The highest BCUT2D eigenvalue weighted by Gasteiger charge is 2.34. The number of hydrogen-bond acceptors (Lipinski definition) is 0. The van der Waals surface area contributed by atoms with Crippen molar-refractivity contribution < 1.29 is 0 Å². The molecule has 0 saturated heterocycles. The van der Waals surface area contributed by atoms with Crippen LogP contribution in [-0.4, -0.2) is 0 Å². The van der Waals surface area contributed by atoms with Gasteiger partial charge in [0.05, 0.1) is 0 Å². The smallest absolute Gasteiger partial charge is 0.0196 e. The topological polar surface area (TPSA) is 0 Å².